The molecule has 0 saturated heterocycles. The van der Waals surface area contributed by atoms with E-state index in [9.17, 15) is 0 Å². The third kappa shape index (κ3) is 4.84. The van der Waals surface area contributed by atoms with Gasteiger partial charge in [-0.3, -0.25) is 5.43 Å². The third-order valence-electron chi connectivity index (χ3n) is 2.35. The van der Waals surface area contributed by atoms with Crippen molar-refractivity contribution in [3.05, 3.63) is 35.9 Å². The summed E-state index contributed by atoms with van der Waals surface area (Å²) in [5.74, 6) is 5.97. The fraction of sp³-hybridized carbons (Fsp3) is 0.417. The highest BCUT2D eigenvalue weighted by Crippen LogP contribution is 2.10. The number of nitrogens with two attached hydrogens (primary N) is 1. The molecule has 0 spiro atoms. The van der Waals surface area contributed by atoms with Crippen molar-refractivity contribution in [1.82, 2.24) is 10.7 Å². The zero-order valence-corrected chi connectivity index (χ0v) is 10.3. The van der Waals surface area contributed by atoms with Gasteiger partial charge in [-0.25, -0.2) is 10.8 Å². The Morgan fingerprint density at radius 3 is 2.71 bits per heavy atom. The normalized spacial score (nSPS) is 13.2. The number of aliphatic imine (C=N–C) groups is 1. The van der Waals surface area contributed by atoms with Gasteiger partial charge in [-0.1, -0.05) is 30.3 Å². The molecule has 0 amide bonds. The quantitative estimate of drug-likeness (QED) is 0.232. The maximum absolute atomic E-state index is 5.40. The number of nitrogens with zero attached hydrogens (tertiary/aromatic N) is 1. The molecule has 0 fully saturated rings. The number of ether oxygens (including phenoxy) is 1. The minimum Gasteiger partial charge on any atom is -0.383 e. The molecule has 0 bridgehead atoms. The number of rotatable bonds is 5. The summed E-state index contributed by atoms with van der Waals surface area (Å²) in [7, 11) is 1.64. The van der Waals surface area contributed by atoms with Crippen molar-refractivity contribution in [1.29, 1.82) is 0 Å². The van der Waals surface area contributed by atoms with Crippen LogP contribution in [0.25, 0.3) is 0 Å². The fourth-order valence-electron chi connectivity index (χ4n) is 1.41. The number of hydrogen-bond donors (Lipinski definition) is 3. The van der Waals surface area contributed by atoms with Gasteiger partial charge in [0.25, 0.3) is 0 Å². The number of hydrazine groups is 1. The summed E-state index contributed by atoms with van der Waals surface area (Å²) in [5.41, 5.74) is 3.73. The summed E-state index contributed by atoms with van der Waals surface area (Å²) in [5, 5.41) is 3.20. The Morgan fingerprint density at radius 2 is 2.12 bits per heavy atom. The van der Waals surface area contributed by atoms with E-state index in [4.69, 9.17) is 10.6 Å². The molecule has 0 radical (unpaired) electrons. The molecule has 17 heavy (non-hydrogen) atoms. The van der Waals surface area contributed by atoms with Gasteiger partial charge in [0.15, 0.2) is 0 Å². The first kappa shape index (κ1) is 13.5. The summed E-state index contributed by atoms with van der Waals surface area (Å²) in [6.45, 7) is 3.20. The minimum atomic E-state index is 0.147. The second-order valence-electron chi connectivity index (χ2n) is 3.64. The molecule has 5 heteroatoms. The summed E-state index contributed by atoms with van der Waals surface area (Å²) >= 11 is 0. The van der Waals surface area contributed by atoms with Crippen LogP contribution in [0.5, 0.6) is 0 Å². The van der Waals surface area contributed by atoms with Crippen LogP contribution in [0, 0.1) is 0 Å². The first-order valence-electron chi connectivity index (χ1n) is 5.59. The zero-order valence-electron chi connectivity index (χ0n) is 10.3. The lowest BCUT2D eigenvalue weighted by molar-refractivity contribution is 0.208. The highest BCUT2D eigenvalue weighted by Gasteiger charge is 2.05. The van der Waals surface area contributed by atoms with Crippen LogP contribution in [0.2, 0.25) is 0 Å². The fourth-order valence-corrected chi connectivity index (χ4v) is 1.41. The maximum Gasteiger partial charge on any atom is 0.206 e. The van der Waals surface area contributed by atoms with Crippen molar-refractivity contribution in [2.45, 2.75) is 13.0 Å². The van der Waals surface area contributed by atoms with Gasteiger partial charge in [-0.2, -0.15) is 0 Å². The summed E-state index contributed by atoms with van der Waals surface area (Å²) in [6, 6.07) is 10.3. The van der Waals surface area contributed by atoms with Gasteiger partial charge in [0, 0.05) is 7.11 Å². The number of guanidine groups is 1. The Hall–Kier alpha value is -1.59. The molecule has 0 saturated carbocycles. The van der Waals surface area contributed by atoms with Gasteiger partial charge in [0.1, 0.15) is 0 Å². The first-order chi connectivity index (χ1) is 8.27. The van der Waals surface area contributed by atoms with Gasteiger partial charge >= 0.3 is 0 Å². The molecule has 1 aromatic rings. The molecule has 0 aromatic heterocycles. The zero-order chi connectivity index (χ0) is 12.5. The van der Waals surface area contributed by atoms with Crippen LogP contribution in [-0.4, -0.2) is 26.2 Å². The van der Waals surface area contributed by atoms with E-state index in [1.807, 2.05) is 18.2 Å². The van der Waals surface area contributed by atoms with E-state index >= 15 is 0 Å². The van der Waals surface area contributed by atoms with Crippen molar-refractivity contribution < 1.29 is 4.74 Å². The second-order valence-corrected chi connectivity index (χ2v) is 3.64. The third-order valence-corrected chi connectivity index (χ3v) is 2.35. The lowest BCUT2D eigenvalue weighted by Gasteiger charge is -2.16. The van der Waals surface area contributed by atoms with Gasteiger partial charge in [-0.15, -0.1) is 0 Å². The van der Waals surface area contributed by atoms with Crippen LogP contribution in [0.4, 0.5) is 0 Å². The molecule has 94 valence electrons. The number of nitrogens with one attached hydrogen (secondary N) is 2. The van der Waals surface area contributed by atoms with Crippen LogP contribution in [0.1, 0.15) is 18.5 Å². The minimum absolute atomic E-state index is 0.147. The molecule has 0 heterocycles. The molecular weight excluding hydrogens is 216 g/mol. The summed E-state index contributed by atoms with van der Waals surface area (Å²) < 4.78 is 4.92. The first-order valence-corrected chi connectivity index (χ1v) is 5.59. The highest BCUT2D eigenvalue weighted by molar-refractivity contribution is 5.79. The lowest BCUT2D eigenvalue weighted by atomic mass is 10.1. The summed E-state index contributed by atoms with van der Waals surface area (Å²) in [6.07, 6.45) is 0. The SMILES string of the molecule is COCCN=C(NN)NC(C)c1ccccc1. The number of hydrogen-bond acceptors (Lipinski definition) is 3. The van der Waals surface area contributed by atoms with Crippen LogP contribution in [-0.2, 0) is 4.74 Å². The smallest absolute Gasteiger partial charge is 0.206 e. The standard InChI is InChI=1S/C12H20N4O/c1-10(11-6-4-3-5-7-11)15-12(16-13)14-8-9-17-2/h3-7,10H,8-9,13H2,1-2H3,(H2,14,15,16). The Balaban J connectivity index is 2.53. The van der Waals surface area contributed by atoms with Gasteiger partial charge in [-0.05, 0) is 12.5 Å². The Labute approximate surface area is 102 Å². The topological polar surface area (TPSA) is 71.7 Å². The van der Waals surface area contributed by atoms with Crippen molar-refractivity contribution in [3.8, 4) is 0 Å². The monoisotopic (exact) mass is 236 g/mol. The van der Waals surface area contributed by atoms with E-state index in [1.165, 1.54) is 5.56 Å². The Kier molecular flexibility index (Phi) is 6.06. The molecule has 0 aliphatic rings. The largest absolute Gasteiger partial charge is 0.383 e. The van der Waals surface area contributed by atoms with E-state index in [-0.39, 0.29) is 6.04 Å². The average Bonchev–Trinajstić information content (AvgIpc) is 2.38. The Bertz CT molecular complexity index is 340. The van der Waals surface area contributed by atoms with Crippen LogP contribution < -0.4 is 16.6 Å². The number of methoxy groups -OCH3 is 1. The highest BCUT2D eigenvalue weighted by atomic mass is 16.5. The molecule has 0 aliphatic carbocycles. The molecule has 0 aliphatic heterocycles. The second kappa shape index (κ2) is 7.65. The van der Waals surface area contributed by atoms with Gasteiger partial charge < -0.3 is 10.1 Å². The van der Waals surface area contributed by atoms with Crippen LogP contribution >= 0.6 is 0 Å². The van der Waals surface area contributed by atoms with Crippen molar-refractivity contribution in [2.75, 3.05) is 20.3 Å². The van der Waals surface area contributed by atoms with Crippen molar-refractivity contribution in [3.63, 3.8) is 0 Å². The van der Waals surface area contributed by atoms with Crippen LogP contribution in [0.15, 0.2) is 35.3 Å². The molecule has 1 atom stereocenters. The molecule has 5 nitrogen and oxygen atoms in total. The number of benzene rings is 1. The molecule has 1 aromatic carbocycles. The van der Waals surface area contributed by atoms with E-state index in [0.29, 0.717) is 19.1 Å². The summed E-state index contributed by atoms with van der Waals surface area (Å²) in [4.78, 5) is 4.24. The lowest BCUT2D eigenvalue weighted by Crippen LogP contribution is -2.42. The predicted octanol–water partition coefficient (Wildman–Crippen LogP) is 0.803. The van der Waals surface area contributed by atoms with E-state index < -0.39 is 0 Å². The van der Waals surface area contributed by atoms with Gasteiger partial charge in [0.05, 0.1) is 19.2 Å². The van der Waals surface area contributed by atoms with Crippen molar-refractivity contribution >= 4 is 5.96 Å². The molecular formula is C12H20N4O. The molecule has 4 N–H and O–H groups in total. The molecule has 1 unspecified atom stereocenters. The van der Waals surface area contributed by atoms with Crippen LogP contribution in [0.3, 0.4) is 0 Å². The van der Waals surface area contributed by atoms with E-state index in [2.05, 4.69) is 34.8 Å². The van der Waals surface area contributed by atoms with E-state index in [1.54, 1.807) is 7.11 Å². The van der Waals surface area contributed by atoms with Crippen molar-refractivity contribution in [2.24, 2.45) is 10.8 Å². The Morgan fingerprint density at radius 1 is 1.41 bits per heavy atom. The average molecular weight is 236 g/mol. The van der Waals surface area contributed by atoms with E-state index in [0.717, 1.165) is 0 Å². The predicted molar refractivity (Wildman–Crippen MR) is 69.5 cm³/mol. The maximum atomic E-state index is 5.40. The molecule has 1 rings (SSSR count). The van der Waals surface area contributed by atoms with Gasteiger partial charge in [0.2, 0.25) is 5.96 Å².